The first kappa shape index (κ1) is 34.7. The molecule has 0 spiro atoms. The summed E-state index contributed by atoms with van der Waals surface area (Å²) in [5, 5.41) is 7.02. The molecule has 0 saturated heterocycles. The molecule has 2 aromatic heterocycles. The molecule has 12 aromatic rings. The number of furan rings is 1. The van der Waals surface area contributed by atoms with Gasteiger partial charge in [-0.2, -0.15) is 0 Å². The molecule has 1 aliphatic rings. The van der Waals surface area contributed by atoms with Gasteiger partial charge in [0.2, 0.25) is 0 Å². The highest BCUT2D eigenvalue weighted by molar-refractivity contribution is 6.15. The zero-order chi connectivity index (χ0) is 40.8. The smallest absolute Gasteiger partial charge is 0.143 e. The fourth-order valence-corrected chi connectivity index (χ4v) is 10.6. The first-order valence-electron chi connectivity index (χ1n) is 21.3. The Morgan fingerprint density at radius 1 is 0.371 bits per heavy atom. The molecular formula is C59H38N2O. The molecule has 0 saturated carbocycles. The van der Waals surface area contributed by atoms with Crippen molar-refractivity contribution in [2.75, 3.05) is 4.90 Å². The molecule has 1 aliphatic carbocycles. The molecule has 0 unspecified atom stereocenters. The van der Waals surface area contributed by atoms with Crippen LogP contribution in [0.25, 0.3) is 71.3 Å². The van der Waals surface area contributed by atoms with Gasteiger partial charge in [0.05, 0.1) is 16.4 Å². The summed E-state index contributed by atoms with van der Waals surface area (Å²) < 4.78 is 9.19. The fourth-order valence-electron chi connectivity index (χ4n) is 10.6. The molecule has 0 radical (unpaired) electrons. The van der Waals surface area contributed by atoms with E-state index in [2.05, 4.69) is 240 Å². The van der Waals surface area contributed by atoms with Gasteiger partial charge in [0.25, 0.3) is 0 Å². The summed E-state index contributed by atoms with van der Waals surface area (Å²) in [6.45, 7) is 0. The van der Waals surface area contributed by atoms with Gasteiger partial charge in [-0.15, -0.1) is 0 Å². The zero-order valence-electron chi connectivity index (χ0n) is 33.7. The lowest BCUT2D eigenvalue weighted by molar-refractivity contribution is 0.672. The van der Waals surface area contributed by atoms with E-state index in [4.69, 9.17) is 4.42 Å². The molecule has 0 bridgehead atoms. The molecule has 290 valence electrons. The summed E-state index contributed by atoms with van der Waals surface area (Å²) in [4.78, 5) is 2.39. The number of fused-ring (bicyclic) bond motifs is 11. The monoisotopic (exact) mass is 790 g/mol. The van der Waals surface area contributed by atoms with E-state index in [1.54, 1.807) is 0 Å². The Morgan fingerprint density at radius 3 is 1.65 bits per heavy atom. The van der Waals surface area contributed by atoms with Gasteiger partial charge in [-0.25, -0.2) is 0 Å². The third kappa shape index (κ3) is 4.94. The average Bonchev–Trinajstić information content (AvgIpc) is 3.99. The second-order valence-corrected chi connectivity index (χ2v) is 16.4. The highest BCUT2D eigenvalue weighted by Crippen LogP contribution is 2.57. The van der Waals surface area contributed by atoms with Crippen LogP contribution in [0.2, 0.25) is 0 Å². The standard InChI is InChI=1S/C59H38N2O/c1-3-16-40(17-4-1)59(41-18-5-2-6-19-41)53-24-12-9-21-47(53)48-35-32-44(37-54(48)59)60(45-33-36-51-52-34-27-39-15-7-8-20-46(39)58(52)62-57(51)38-45)42-28-30-43(31-29-42)61-55-25-13-10-22-49(55)50-23-11-14-26-56(50)61/h1-38H. The predicted molar refractivity (Wildman–Crippen MR) is 258 cm³/mol. The van der Waals surface area contributed by atoms with Crippen LogP contribution in [0.15, 0.2) is 235 Å². The third-order valence-electron chi connectivity index (χ3n) is 13.3. The molecule has 3 nitrogen and oxygen atoms in total. The molecule has 3 heteroatoms. The maximum absolute atomic E-state index is 6.81. The second kappa shape index (κ2) is 13.4. The number of nitrogens with zero attached hydrogens (tertiary/aromatic N) is 2. The van der Waals surface area contributed by atoms with Crippen molar-refractivity contribution in [2.24, 2.45) is 0 Å². The molecule has 13 rings (SSSR count). The van der Waals surface area contributed by atoms with Crippen LogP contribution in [0.3, 0.4) is 0 Å². The number of hydrogen-bond acceptors (Lipinski definition) is 2. The van der Waals surface area contributed by atoms with Crippen LogP contribution in [-0.2, 0) is 5.41 Å². The molecule has 62 heavy (non-hydrogen) atoms. The Morgan fingerprint density at radius 2 is 0.919 bits per heavy atom. The van der Waals surface area contributed by atoms with E-state index >= 15 is 0 Å². The van der Waals surface area contributed by atoms with Crippen molar-refractivity contribution < 1.29 is 4.42 Å². The summed E-state index contributed by atoms with van der Waals surface area (Å²) in [7, 11) is 0. The number of aromatic nitrogens is 1. The highest BCUT2D eigenvalue weighted by atomic mass is 16.3. The van der Waals surface area contributed by atoms with E-state index in [-0.39, 0.29) is 0 Å². The van der Waals surface area contributed by atoms with Crippen LogP contribution in [0.4, 0.5) is 17.1 Å². The quantitative estimate of drug-likeness (QED) is 0.167. The van der Waals surface area contributed by atoms with Gasteiger partial charge in [-0.1, -0.05) is 158 Å². The molecule has 0 aliphatic heterocycles. The van der Waals surface area contributed by atoms with E-state index < -0.39 is 5.41 Å². The van der Waals surface area contributed by atoms with Crippen molar-refractivity contribution in [3.63, 3.8) is 0 Å². The van der Waals surface area contributed by atoms with Gasteiger partial charge >= 0.3 is 0 Å². The summed E-state index contributed by atoms with van der Waals surface area (Å²) in [6, 6.07) is 84.0. The molecule has 0 amide bonds. The Labute approximate surface area is 359 Å². The Hall–Kier alpha value is -8.14. The van der Waals surface area contributed by atoms with Crippen LogP contribution in [0.5, 0.6) is 0 Å². The van der Waals surface area contributed by atoms with Crippen molar-refractivity contribution >= 4 is 71.6 Å². The Bertz CT molecular complexity index is 3600. The van der Waals surface area contributed by atoms with Crippen molar-refractivity contribution in [1.82, 2.24) is 4.57 Å². The molecule has 0 atom stereocenters. The van der Waals surface area contributed by atoms with Crippen molar-refractivity contribution in [2.45, 2.75) is 5.41 Å². The first-order valence-corrected chi connectivity index (χ1v) is 21.3. The number of para-hydroxylation sites is 2. The van der Waals surface area contributed by atoms with Crippen LogP contribution < -0.4 is 4.90 Å². The van der Waals surface area contributed by atoms with Gasteiger partial charge in [0.15, 0.2) is 0 Å². The molecule has 0 fully saturated rings. The van der Waals surface area contributed by atoms with Crippen LogP contribution in [-0.4, -0.2) is 4.57 Å². The predicted octanol–water partition coefficient (Wildman–Crippen LogP) is 15.7. The fraction of sp³-hybridized carbons (Fsp3) is 0.0169. The maximum atomic E-state index is 6.81. The average molecular weight is 791 g/mol. The summed E-state index contributed by atoms with van der Waals surface area (Å²) in [6.07, 6.45) is 0. The molecule has 10 aromatic carbocycles. The van der Waals surface area contributed by atoms with E-state index in [0.29, 0.717) is 0 Å². The van der Waals surface area contributed by atoms with Gasteiger partial charge in [-0.3, -0.25) is 0 Å². The second-order valence-electron chi connectivity index (χ2n) is 16.4. The lowest BCUT2D eigenvalue weighted by atomic mass is 9.67. The highest BCUT2D eigenvalue weighted by Gasteiger charge is 2.46. The van der Waals surface area contributed by atoms with Crippen LogP contribution in [0.1, 0.15) is 22.3 Å². The maximum Gasteiger partial charge on any atom is 0.143 e. The van der Waals surface area contributed by atoms with Crippen LogP contribution >= 0.6 is 0 Å². The summed E-state index contributed by atoms with van der Waals surface area (Å²) in [5.74, 6) is 0. The largest absolute Gasteiger partial charge is 0.455 e. The molecule has 2 heterocycles. The van der Waals surface area contributed by atoms with E-state index in [0.717, 1.165) is 50.1 Å². The van der Waals surface area contributed by atoms with Crippen LogP contribution in [0, 0.1) is 0 Å². The van der Waals surface area contributed by atoms with Gasteiger partial charge in [-0.05, 0) is 105 Å². The lowest BCUT2D eigenvalue weighted by Crippen LogP contribution is -2.28. The first-order chi connectivity index (χ1) is 30.8. The summed E-state index contributed by atoms with van der Waals surface area (Å²) in [5.41, 5.74) is 15.4. The number of anilines is 3. The zero-order valence-corrected chi connectivity index (χ0v) is 33.7. The normalized spacial score (nSPS) is 13.0. The minimum atomic E-state index is -0.528. The number of rotatable bonds is 6. The SMILES string of the molecule is c1ccc(C2(c3ccccc3)c3ccccc3-c3ccc(N(c4ccc(-n5c6ccccc6c6ccccc65)cc4)c4ccc5c(c4)oc4c6ccccc6ccc54)cc32)cc1. The summed E-state index contributed by atoms with van der Waals surface area (Å²) >= 11 is 0. The minimum absolute atomic E-state index is 0.528. The Balaban J connectivity index is 1.05. The molecule has 0 N–H and O–H groups in total. The van der Waals surface area contributed by atoms with Gasteiger partial charge in [0.1, 0.15) is 11.2 Å². The van der Waals surface area contributed by atoms with E-state index in [1.807, 2.05) is 0 Å². The van der Waals surface area contributed by atoms with E-state index in [1.165, 1.54) is 60.6 Å². The topological polar surface area (TPSA) is 21.3 Å². The van der Waals surface area contributed by atoms with Crippen molar-refractivity contribution in [3.05, 3.63) is 253 Å². The van der Waals surface area contributed by atoms with E-state index in [9.17, 15) is 0 Å². The lowest BCUT2D eigenvalue weighted by Gasteiger charge is -2.35. The van der Waals surface area contributed by atoms with Crippen molar-refractivity contribution in [3.8, 4) is 16.8 Å². The number of hydrogen-bond donors (Lipinski definition) is 0. The van der Waals surface area contributed by atoms with Gasteiger partial charge in [0, 0.05) is 55.7 Å². The third-order valence-corrected chi connectivity index (χ3v) is 13.3. The molecular weight excluding hydrogens is 753 g/mol. The minimum Gasteiger partial charge on any atom is -0.455 e. The van der Waals surface area contributed by atoms with Gasteiger partial charge < -0.3 is 13.9 Å². The van der Waals surface area contributed by atoms with Crippen molar-refractivity contribution in [1.29, 1.82) is 0 Å². The Kier molecular flexibility index (Phi) is 7.52. The number of benzene rings is 10.